The highest BCUT2D eigenvalue weighted by atomic mass is 31.2. The first-order valence-electron chi connectivity index (χ1n) is 11.5. The lowest BCUT2D eigenvalue weighted by Gasteiger charge is -2.23. The molecule has 2 N–H and O–H groups in total. The van der Waals surface area contributed by atoms with Gasteiger partial charge >= 0.3 is 6.03 Å². The number of nitrogens with one attached hydrogen (secondary N) is 2. The third-order valence-corrected chi connectivity index (χ3v) is 7.52. The second kappa shape index (κ2) is 10.0. The maximum absolute atomic E-state index is 15.3. The number of halogens is 3. The molecule has 0 bridgehead atoms. The molecule has 2 atom stereocenters. The van der Waals surface area contributed by atoms with Crippen LogP contribution in [-0.2, 0) is 9.36 Å². The Morgan fingerprint density at radius 1 is 1.08 bits per heavy atom. The van der Waals surface area contributed by atoms with Crippen LogP contribution >= 0.6 is 7.14 Å². The number of hydrogen-bond donors (Lipinski definition) is 2. The molecule has 4 rings (SSSR count). The van der Waals surface area contributed by atoms with Crippen LogP contribution in [0.1, 0.15) is 18.9 Å². The molecule has 0 aliphatic carbocycles. The molecule has 0 saturated carbocycles. The molecule has 1 fully saturated rings. The Balaban J connectivity index is 1.57. The summed E-state index contributed by atoms with van der Waals surface area (Å²) in [5.41, 5.74) is 0.598. The van der Waals surface area contributed by atoms with E-state index in [4.69, 9.17) is 0 Å². The number of carbonyl (C=O) groups is 2. The highest BCUT2D eigenvalue weighted by molar-refractivity contribution is 7.70. The van der Waals surface area contributed by atoms with E-state index < -0.39 is 48.6 Å². The summed E-state index contributed by atoms with van der Waals surface area (Å²) in [7, 11) is -2.90. The average Bonchev–Trinajstić information content (AvgIpc) is 3.09. The van der Waals surface area contributed by atoms with Gasteiger partial charge < -0.3 is 20.1 Å². The highest BCUT2D eigenvalue weighted by Gasteiger charge is 2.40. The number of carbonyl (C=O) groups excluding carboxylic acids is 2. The molecule has 2 heterocycles. The van der Waals surface area contributed by atoms with Crippen molar-refractivity contribution in [2.24, 2.45) is 0 Å². The quantitative estimate of drug-likeness (QED) is 0.453. The summed E-state index contributed by atoms with van der Waals surface area (Å²) in [6.07, 6.45) is 1.56. The van der Waals surface area contributed by atoms with Crippen LogP contribution in [0.2, 0.25) is 0 Å². The summed E-state index contributed by atoms with van der Waals surface area (Å²) in [4.78, 5) is 30.7. The molecule has 0 radical (unpaired) electrons. The molecule has 1 aliphatic rings. The van der Waals surface area contributed by atoms with Gasteiger partial charge in [-0.25, -0.2) is 18.0 Å². The summed E-state index contributed by atoms with van der Waals surface area (Å²) < 4.78 is 57.3. The first-order chi connectivity index (χ1) is 17.4. The van der Waals surface area contributed by atoms with Crippen LogP contribution in [-0.4, -0.2) is 42.3 Å². The predicted octanol–water partition coefficient (Wildman–Crippen LogP) is 5.04. The Hall–Kier alpha value is -3.65. The molecule has 37 heavy (non-hydrogen) atoms. The van der Waals surface area contributed by atoms with Crippen LogP contribution in [0.25, 0.3) is 11.1 Å². The number of nitrogens with zero attached hydrogens (tertiary/aromatic N) is 2. The number of amides is 3. The maximum atomic E-state index is 15.3. The number of urea groups is 1. The normalized spacial score (nSPS) is 17.7. The van der Waals surface area contributed by atoms with Gasteiger partial charge in [0.05, 0.1) is 11.4 Å². The standard InChI is InChI=1S/C26H26F3N4O3P/c1-14-7-9-19(18(27)12-14)31-26(35)32-20-13-15(2)33(25(20)34)21-10-8-16(22(28)23(21)29)17-6-5-11-30-24(17)37(3,4)36/h5-12,15,20H,13H2,1-4H3,(H2,31,32,35)/t15?,20-/m1/s1. The minimum absolute atomic E-state index is 0.0550. The predicted molar refractivity (Wildman–Crippen MR) is 137 cm³/mol. The zero-order valence-electron chi connectivity index (χ0n) is 20.7. The van der Waals surface area contributed by atoms with Crippen molar-refractivity contribution in [1.82, 2.24) is 10.3 Å². The van der Waals surface area contributed by atoms with E-state index in [0.717, 1.165) is 4.90 Å². The van der Waals surface area contributed by atoms with Gasteiger partial charge in [0.15, 0.2) is 11.6 Å². The fourth-order valence-electron chi connectivity index (χ4n) is 4.42. The van der Waals surface area contributed by atoms with Crippen molar-refractivity contribution in [2.45, 2.75) is 32.4 Å². The van der Waals surface area contributed by atoms with Crippen molar-refractivity contribution in [3.05, 3.63) is 71.7 Å². The van der Waals surface area contributed by atoms with Crippen molar-refractivity contribution in [1.29, 1.82) is 0 Å². The van der Waals surface area contributed by atoms with Gasteiger partial charge in [0, 0.05) is 23.4 Å². The SMILES string of the molecule is Cc1ccc(NC(=O)N[C@@H]2CC(C)N(c3ccc(-c4cccnc4P(C)(C)=O)c(F)c3F)C2=O)c(F)c1. The largest absolute Gasteiger partial charge is 0.326 e. The van der Waals surface area contributed by atoms with Crippen LogP contribution < -0.4 is 21.0 Å². The van der Waals surface area contributed by atoms with E-state index in [1.165, 1.54) is 55.9 Å². The zero-order chi connectivity index (χ0) is 27.1. The van der Waals surface area contributed by atoms with E-state index in [0.29, 0.717) is 5.56 Å². The van der Waals surface area contributed by atoms with Gasteiger partial charge in [-0.15, -0.1) is 0 Å². The number of hydrogen-bond acceptors (Lipinski definition) is 4. The van der Waals surface area contributed by atoms with Crippen molar-refractivity contribution < 1.29 is 27.3 Å². The lowest BCUT2D eigenvalue weighted by atomic mass is 10.1. The number of pyridine rings is 1. The number of rotatable bonds is 5. The van der Waals surface area contributed by atoms with Crippen molar-refractivity contribution in [2.75, 3.05) is 23.5 Å². The Morgan fingerprint density at radius 2 is 1.81 bits per heavy atom. The molecule has 3 amide bonds. The summed E-state index contributed by atoms with van der Waals surface area (Å²) in [5, 5.41) is 4.84. The maximum Gasteiger partial charge on any atom is 0.319 e. The molecule has 0 spiro atoms. The molecule has 1 aromatic heterocycles. The van der Waals surface area contributed by atoms with Gasteiger partial charge in [0.2, 0.25) is 5.91 Å². The fraction of sp³-hybridized carbons (Fsp3) is 0.269. The van der Waals surface area contributed by atoms with E-state index in [1.807, 2.05) is 0 Å². The van der Waals surface area contributed by atoms with E-state index >= 15 is 8.78 Å². The molecule has 3 aromatic rings. The lowest BCUT2D eigenvalue weighted by molar-refractivity contribution is -0.118. The minimum atomic E-state index is -2.90. The molecule has 194 valence electrons. The molecule has 1 unspecified atom stereocenters. The Kier molecular flexibility index (Phi) is 7.15. The van der Waals surface area contributed by atoms with Gasteiger partial charge in [-0.2, -0.15) is 0 Å². The molecule has 11 heteroatoms. The summed E-state index contributed by atoms with van der Waals surface area (Å²) >= 11 is 0. The second-order valence-corrected chi connectivity index (χ2v) is 12.5. The summed E-state index contributed by atoms with van der Waals surface area (Å²) in [6.45, 7) is 6.33. The molecule has 1 saturated heterocycles. The van der Waals surface area contributed by atoms with Gasteiger partial charge in [-0.3, -0.25) is 9.78 Å². The first-order valence-corrected chi connectivity index (χ1v) is 14.1. The number of aromatic nitrogens is 1. The zero-order valence-corrected chi connectivity index (χ0v) is 21.6. The van der Waals surface area contributed by atoms with Crippen LogP contribution in [0, 0.1) is 24.4 Å². The lowest BCUT2D eigenvalue weighted by Crippen LogP contribution is -2.44. The number of benzene rings is 2. The Labute approximate surface area is 212 Å². The molecular weight excluding hydrogens is 504 g/mol. The Morgan fingerprint density at radius 3 is 2.49 bits per heavy atom. The van der Waals surface area contributed by atoms with Gasteiger partial charge in [0.1, 0.15) is 24.4 Å². The van der Waals surface area contributed by atoms with E-state index in [9.17, 15) is 18.5 Å². The summed E-state index contributed by atoms with van der Waals surface area (Å²) in [5.74, 6) is -3.71. The monoisotopic (exact) mass is 530 g/mol. The van der Waals surface area contributed by atoms with Crippen LogP contribution in [0.4, 0.5) is 29.3 Å². The second-order valence-electron chi connectivity index (χ2n) is 9.41. The fourth-order valence-corrected chi connectivity index (χ4v) is 5.54. The van der Waals surface area contributed by atoms with Crippen LogP contribution in [0.5, 0.6) is 0 Å². The summed E-state index contributed by atoms with van der Waals surface area (Å²) in [6, 6.07) is 7.54. The average molecular weight is 530 g/mol. The van der Waals surface area contributed by atoms with Crippen LogP contribution in [0.3, 0.4) is 0 Å². The van der Waals surface area contributed by atoms with Gasteiger partial charge in [-0.05, 0) is 69.5 Å². The minimum Gasteiger partial charge on any atom is -0.326 e. The highest BCUT2D eigenvalue weighted by Crippen LogP contribution is 2.40. The molecule has 2 aromatic carbocycles. The van der Waals surface area contributed by atoms with E-state index in [-0.39, 0.29) is 34.4 Å². The van der Waals surface area contributed by atoms with Crippen molar-refractivity contribution >= 4 is 35.9 Å². The first kappa shape index (κ1) is 26.4. The molecule has 7 nitrogen and oxygen atoms in total. The van der Waals surface area contributed by atoms with E-state index in [1.54, 1.807) is 19.9 Å². The van der Waals surface area contributed by atoms with Gasteiger partial charge in [-0.1, -0.05) is 12.1 Å². The van der Waals surface area contributed by atoms with Crippen molar-refractivity contribution in [3.63, 3.8) is 0 Å². The smallest absolute Gasteiger partial charge is 0.319 e. The van der Waals surface area contributed by atoms with Crippen molar-refractivity contribution in [3.8, 4) is 11.1 Å². The third-order valence-electron chi connectivity index (χ3n) is 6.14. The van der Waals surface area contributed by atoms with Gasteiger partial charge in [0.25, 0.3) is 0 Å². The molecule has 1 aliphatic heterocycles. The molecular formula is C26H26F3N4O3P. The van der Waals surface area contributed by atoms with Crippen LogP contribution in [0.15, 0.2) is 48.7 Å². The Bertz CT molecular complexity index is 1440. The van der Waals surface area contributed by atoms with E-state index in [2.05, 4.69) is 15.6 Å². The number of anilines is 2. The topological polar surface area (TPSA) is 91.4 Å². The number of aryl methyl sites for hydroxylation is 1. The third kappa shape index (κ3) is 5.25.